The normalized spacial score (nSPS) is 10.2. The lowest BCUT2D eigenvalue weighted by atomic mass is 10.2. The van der Waals surface area contributed by atoms with E-state index in [1.165, 1.54) is 12.1 Å². The van der Waals surface area contributed by atoms with Gasteiger partial charge in [-0.05, 0) is 61.6 Å². The molecule has 0 aliphatic carbocycles. The molecule has 2 N–H and O–H groups in total. The molecule has 25 heavy (non-hydrogen) atoms. The van der Waals surface area contributed by atoms with Crippen molar-refractivity contribution in [2.24, 2.45) is 0 Å². The molecule has 7 heteroatoms. The molecule has 2 rings (SSSR count). The number of hydrogen-bond acceptors (Lipinski definition) is 4. The van der Waals surface area contributed by atoms with Crippen LogP contribution >= 0.6 is 12.2 Å². The summed E-state index contributed by atoms with van der Waals surface area (Å²) in [5, 5.41) is 5.39. The summed E-state index contributed by atoms with van der Waals surface area (Å²) >= 11 is 5.06. The summed E-state index contributed by atoms with van der Waals surface area (Å²) < 4.78 is 23.8. The minimum Gasteiger partial charge on any atom is -0.491 e. The van der Waals surface area contributed by atoms with Gasteiger partial charge in [-0.25, -0.2) is 4.39 Å². The number of halogens is 1. The van der Waals surface area contributed by atoms with Gasteiger partial charge in [0.05, 0.1) is 6.61 Å². The Morgan fingerprint density at radius 1 is 1.16 bits per heavy atom. The Balaban J connectivity index is 1.84. The predicted octanol–water partition coefficient (Wildman–Crippen LogP) is 3.37. The first-order chi connectivity index (χ1) is 12.1. The van der Waals surface area contributed by atoms with Gasteiger partial charge in [0, 0.05) is 17.9 Å². The third-order valence-corrected chi connectivity index (χ3v) is 3.33. The molecule has 0 saturated heterocycles. The van der Waals surface area contributed by atoms with Crippen LogP contribution in [0.25, 0.3) is 0 Å². The first kappa shape index (κ1) is 18.8. The molecule has 1 amide bonds. The van der Waals surface area contributed by atoms with Crippen molar-refractivity contribution in [1.82, 2.24) is 5.32 Å². The van der Waals surface area contributed by atoms with Crippen LogP contribution in [-0.2, 0) is 4.74 Å². The Morgan fingerprint density at radius 2 is 1.92 bits per heavy atom. The molecule has 0 atom stereocenters. The zero-order chi connectivity index (χ0) is 18.1. The standard InChI is InChI=1S/C18H19FN2O3S/c1-2-23-10-11-24-16-8-6-13(7-9-16)17(22)21-18(25)20-15-5-3-4-14(19)12-15/h3-9,12H,2,10-11H2,1H3,(H2,20,21,22,25). The summed E-state index contributed by atoms with van der Waals surface area (Å²) in [7, 11) is 0. The van der Waals surface area contributed by atoms with E-state index in [-0.39, 0.29) is 16.8 Å². The molecule has 0 fully saturated rings. The maximum Gasteiger partial charge on any atom is 0.257 e. The number of carbonyl (C=O) groups is 1. The molecule has 2 aromatic rings. The Kier molecular flexibility index (Phi) is 7.31. The second kappa shape index (κ2) is 9.71. The third kappa shape index (κ3) is 6.48. The number of hydrogen-bond donors (Lipinski definition) is 2. The first-order valence-electron chi connectivity index (χ1n) is 7.77. The van der Waals surface area contributed by atoms with Crippen LogP contribution in [0.1, 0.15) is 17.3 Å². The van der Waals surface area contributed by atoms with E-state index in [1.54, 1.807) is 36.4 Å². The summed E-state index contributed by atoms with van der Waals surface area (Å²) in [6, 6.07) is 12.5. The summed E-state index contributed by atoms with van der Waals surface area (Å²) in [5.74, 6) is -0.106. The van der Waals surface area contributed by atoms with Gasteiger partial charge in [-0.15, -0.1) is 0 Å². The number of thiocarbonyl (C=S) groups is 1. The van der Waals surface area contributed by atoms with Crippen molar-refractivity contribution in [2.75, 3.05) is 25.1 Å². The average molecular weight is 362 g/mol. The Bertz CT molecular complexity index is 723. The molecular formula is C18H19FN2O3S. The molecule has 132 valence electrons. The van der Waals surface area contributed by atoms with E-state index in [1.807, 2.05) is 6.92 Å². The molecule has 5 nitrogen and oxygen atoms in total. The molecular weight excluding hydrogens is 343 g/mol. The predicted molar refractivity (Wildman–Crippen MR) is 98.5 cm³/mol. The van der Waals surface area contributed by atoms with Crippen LogP contribution in [0.2, 0.25) is 0 Å². The van der Waals surface area contributed by atoms with Gasteiger partial charge in [-0.1, -0.05) is 6.07 Å². The number of benzene rings is 2. The fraction of sp³-hybridized carbons (Fsp3) is 0.222. The van der Waals surface area contributed by atoms with Gasteiger partial charge in [0.25, 0.3) is 5.91 Å². The van der Waals surface area contributed by atoms with Crippen molar-refractivity contribution < 1.29 is 18.7 Å². The highest BCUT2D eigenvalue weighted by atomic mass is 32.1. The van der Waals surface area contributed by atoms with Gasteiger partial charge in [-0.3, -0.25) is 10.1 Å². The van der Waals surface area contributed by atoms with E-state index in [9.17, 15) is 9.18 Å². The van der Waals surface area contributed by atoms with Gasteiger partial charge < -0.3 is 14.8 Å². The lowest BCUT2D eigenvalue weighted by Gasteiger charge is -2.10. The zero-order valence-corrected chi connectivity index (χ0v) is 14.6. The second-order valence-corrected chi connectivity index (χ2v) is 5.40. The highest BCUT2D eigenvalue weighted by Gasteiger charge is 2.08. The van der Waals surface area contributed by atoms with Crippen LogP contribution in [0.15, 0.2) is 48.5 Å². The highest BCUT2D eigenvalue weighted by molar-refractivity contribution is 7.80. The van der Waals surface area contributed by atoms with Crippen molar-refractivity contribution in [3.05, 3.63) is 59.9 Å². The smallest absolute Gasteiger partial charge is 0.257 e. The molecule has 0 aliphatic rings. The summed E-state index contributed by atoms with van der Waals surface area (Å²) in [5.41, 5.74) is 0.892. The number of ether oxygens (including phenoxy) is 2. The molecule has 0 aliphatic heterocycles. The first-order valence-corrected chi connectivity index (χ1v) is 8.18. The number of amides is 1. The fourth-order valence-corrected chi connectivity index (χ4v) is 2.18. The van der Waals surface area contributed by atoms with Crippen LogP contribution in [0.4, 0.5) is 10.1 Å². The molecule has 0 radical (unpaired) electrons. The third-order valence-electron chi connectivity index (χ3n) is 3.13. The Morgan fingerprint density at radius 3 is 2.60 bits per heavy atom. The number of nitrogens with one attached hydrogen (secondary N) is 2. The summed E-state index contributed by atoms with van der Waals surface area (Å²) in [4.78, 5) is 12.1. The monoisotopic (exact) mass is 362 g/mol. The molecule has 0 aromatic heterocycles. The minimum absolute atomic E-state index is 0.0904. The average Bonchev–Trinajstić information content (AvgIpc) is 2.59. The van der Waals surface area contributed by atoms with E-state index in [0.29, 0.717) is 36.8 Å². The van der Waals surface area contributed by atoms with Gasteiger partial charge in [0.1, 0.15) is 18.2 Å². The van der Waals surface area contributed by atoms with Gasteiger partial charge >= 0.3 is 0 Å². The van der Waals surface area contributed by atoms with Crippen molar-refractivity contribution >= 4 is 28.9 Å². The van der Waals surface area contributed by atoms with Gasteiger partial charge in [-0.2, -0.15) is 0 Å². The molecule has 0 saturated carbocycles. The Labute approximate surface area is 151 Å². The quantitative estimate of drug-likeness (QED) is 0.584. The highest BCUT2D eigenvalue weighted by Crippen LogP contribution is 2.12. The molecule has 2 aromatic carbocycles. The maximum atomic E-state index is 13.1. The van der Waals surface area contributed by atoms with Crippen molar-refractivity contribution in [3.63, 3.8) is 0 Å². The number of rotatable bonds is 7. The van der Waals surface area contributed by atoms with Crippen LogP contribution in [-0.4, -0.2) is 30.8 Å². The lowest BCUT2D eigenvalue weighted by Crippen LogP contribution is -2.34. The van der Waals surface area contributed by atoms with E-state index in [0.717, 1.165) is 0 Å². The summed E-state index contributed by atoms with van der Waals surface area (Å²) in [6.07, 6.45) is 0. The van der Waals surface area contributed by atoms with Crippen LogP contribution < -0.4 is 15.4 Å². The lowest BCUT2D eigenvalue weighted by molar-refractivity contribution is 0.0977. The largest absolute Gasteiger partial charge is 0.491 e. The van der Waals surface area contributed by atoms with E-state index in [4.69, 9.17) is 21.7 Å². The Hall–Kier alpha value is -2.51. The van der Waals surface area contributed by atoms with Gasteiger partial charge in [0.2, 0.25) is 0 Å². The van der Waals surface area contributed by atoms with Crippen molar-refractivity contribution in [2.45, 2.75) is 6.92 Å². The van der Waals surface area contributed by atoms with Crippen molar-refractivity contribution in [3.8, 4) is 5.75 Å². The van der Waals surface area contributed by atoms with Gasteiger partial charge in [0.15, 0.2) is 5.11 Å². The van der Waals surface area contributed by atoms with Crippen LogP contribution in [0, 0.1) is 5.82 Å². The molecule has 0 bridgehead atoms. The van der Waals surface area contributed by atoms with Crippen molar-refractivity contribution in [1.29, 1.82) is 0 Å². The zero-order valence-electron chi connectivity index (χ0n) is 13.8. The molecule has 0 heterocycles. The number of anilines is 1. The maximum absolute atomic E-state index is 13.1. The van der Waals surface area contributed by atoms with E-state index >= 15 is 0 Å². The fourth-order valence-electron chi connectivity index (χ4n) is 1.97. The van der Waals surface area contributed by atoms with Crippen LogP contribution in [0.5, 0.6) is 5.75 Å². The molecule has 0 spiro atoms. The summed E-state index contributed by atoms with van der Waals surface area (Å²) in [6.45, 7) is 3.52. The second-order valence-electron chi connectivity index (χ2n) is 4.99. The molecule has 0 unspecified atom stereocenters. The SMILES string of the molecule is CCOCCOc1ccc(C(=O)NC(=S)Nc2cccc(F)c2)cc1. The topological polar surface area (TPSA) is 59.6 Å². The van der Waals surface area contributed by atoms with E-state index in [2.05, 4.69) is 10.6 Å². The van der Waals surface area contributed by atoms with E-state index < -0.39 is 0 Å². The van der Waals surface area contributed by atoms with Crippen LogP contribution in [0.3, 0.4) is 0 Å². The number of carbonyl (C=O) groups excluding carboxylic acids is 1. The minimum atomic E-state index is -0.390.